The molecule has 0 rings (SSSR count). The van der Waals surface area contributed by atoms with Crippen molar-refractivity contribution in [2.24, 2.45) is 0 Å². The Morgan fingerprint density at radius 2 is 1.89 bits per heavy atom. The van der Waals surface area contributed by atoms with E-state index in [0.717, 1.165) is 19.3 Å². The number of aliphatic hydroxyl groups is 2. The molecule has 116 valence electrons. The molecule has 0 aromatic heterocycles. The smallest absolute Gasteiger partial charge is 0.384 e. The molecule has 0 spiro atoms. The van der Waals surface area contributed by atoms with Gasteiger partial charge in [0.15, 0.2) is 0 Å². The summed E-state index contributed by atoms with van der Waals surface area (Å²) >= 11 is 0.586. The van der Waals surface area contributed by atoms with Crippen molar-refractivity contribution in [3.05, 3.63) is 0 Å². The minimum Gasteiger partial charge on any atom is -0.393 e. The molecule has 6 nitrogen and oxygen atoms in total. The highest BCUT2D eigenvalue weighted by atomic mass is 32.7. The van der Waals surface area contributed by atoms with Crippen molar-refractivity contribution in [3.8, 4) is 0 Å². The Morgan fingerprint density at radius 3 is 2.47 bits per heavy atom. The first-order valence-corrected chi connectivity index (χ1v) is 9.82. The van der Waals surface area contributed by atoms with E-state index in [1.54, 1.807) is 0 Å². The Bertz CT molecular complexity index is 263. The van der Waals surface area contributed by atoms with Gasteiger partial charge < -0.3 is 25.3 Å². The van der Waals surface area contributed by atoms with Crippen molar-refractivity contribution >= 4 is 18.2 Å². The summed E-state index contributed by atoms with van der Waals surface area (Å²) in [7, 11) is 0. The molecule has 0 aromatic rings. The summed E-state index contributed by atoms with van der Waals surface area (Å²) in [6.07, 6.45) is 3.10. The number of rotatable bonds is 12. The second-order valence-corrected chi connectivity index (χ2v) is 8.42. The Morgan fingerprint density at radius 1 is 1.21 bits per heavy atom. The zero-order chi connectivity index (χ0) is 14.7. The third-order valence-corrected chi connectivity index (χ3v) is 4.88. The van der Waals surface area contributed by atoms with Gasteiger partial charge in [-0.05, 0) is 17.8 Å². The van der Waals surface area contributed by atoms with Crippen molar-refractivity contribution in [1.29, 1.82) is 0 Å². The third kappa shape index (κ3) is 14.6. The van der Waals surface area contributed by atoms with Crippen LogP contribution < -0.4 is 5.32 Å². The molecular formula is C11H26NO5PS. The van der Waals surface area contributed by atoms with Crippen LogP contribution >= 0.6 is 18.2 Å². The number of aliphatic hydroxyl groups excluding tert-OH is 2. The Labute approximate surface area is 118 Å². The average Bonchev–Trinajstić information content (AvgIpc) is 2.27. The fraction of sp³-hybridized carbons (Fsp3) is 1.00. The summed E-state index contributed by atoms with van der Waals surface area (Å²) in [6, 6.07) is 0. The minimum atomic E-state index is -3.99. The van der Waals surface area contributed by atoms with Crippen LogP contribution in [0.25, 0.3) is 0 Å². The summed E-state index contributed by atoms with van der Waals surface area (Å²) in [5.74, 6) is 0.288. The molecular weight excluding hydrogens is 289 g/mol. The van der Waals surface area contributed by atoms with Gasteiger partial charge >= 0.3 is 6.80 Å². The van der Waals surface area contributed by atoms with Crippen LogP contribution in [0.4, 0.5) is 0 Å². The Hall–Kier alpha value is 0.380. The van der Waals surface area contributed by atoms with E-state index in [0.29, 0.717) is 37.3 Å². The van der Waals surface area contributed by atoms with Crippen LogP contribution in [0.15, 0.2) is 0 Å². The molecule has 5 N–H and O–H groups in total. The summed E-state index contributed by atoms with van der Waals surface area (Å²) < 4.78 is 10.5. The predicted molar refractivity (Wildman–Crippen MR) is 78.1 cm³/mol. The largest absolute Gasteiger partial charge is 0.393 e. The van der Waals surface area contributed by atoms with Crippen LogP contribution in [0.1, 0.15) is 39.0 Å². The molecule has 19 heavy (non-hydrogen) atoms. The van der Waals surface area contributed by atoms with Gasteiger partial charge in [-0.1, -0.05) is 26.2 Å². The quantitative estimate of drug-likeness (QED) is 0.271. The standard InChI is InChI=1S/C11H26NO5PS/c1-2-3-4-5-10(13)8-11(14)9-12-6-7-19-18(15,16)17/h10-14H,2-9H2,1H3,(H2,15,16,17). The molecule has 0 heterocycles. The lowest BCUT2D eigenvalue weighted by Crippen LogP contribution is -2.31. The Balaban J connectivity index is 3.48. The van der Waals surface area contributed by atoms with E-state index in [1.165, 1.54) is 0 Å². The van der Waals surface area contributed by atoms with Gasteiger partial charge in [-0.25, -0.2) is 4.57 Å². The lowest BCUT2D eigenvalue weighted by Gasteiger charge is -2.16. The van der Waals surface area contributed by atoms with Crippen molar-refractivity contribution in [2.45, 2.75) is 51.2 Å². The molecule has 0 saturated heterocycles. The molecule has 0 bridgehead atoms. The first-order chi connectivity index (χ1) is 8.85. The zero-order valence-corrected chi connectivity index (χ0v) is 13.1. The highest BCUT2D eigenvalue weighted by molar-refractivity contribution is 8.54. The number of hydrogen-bond donors (Lipinski definition) is 5. The second-order valence-electron chi connectivity index (χ2n) is 4.57. The molecule has 0 aliphatic heterocycles. The highest BCUT2D eigenvalue weighted by Crippen LogP contribution is 2.49. The van der Waals surface area contributed by atoms with Crippen LogP contribution in [0.2, 0.25) is 0 Å². The fourth-order valence-electron chi connectivity index (χ4n) is 1.65. The molecule has 0 aromatic carbocycles. The van der Waals surface area contributed by atoms with E-state index in [-0.39, 0.29) is 5.75 Å². The van der Waals surface area contributed by atoms with Gasteiger partial charge in [0, 0.05) is 25.3 Å². The molecule has 0 amide bonds. The lowest BCUT2D eigenvalue weighted by atomic mass is 10.1. The van der Waals surface area contributed by atoms with Crippen molar-refractivity contribution in [1.82, 2.24) is 5.32 Å². The SMILES string of the molecule is CCCCCC(O)CC(O)CNCCSP(=O)(O)O. The van der Waals surface area contributed by atoms with Crippen LogP contribution in [-0.2, 0) is 4.57 Å². The van der Waals surface area contributed by atoms with Gasteiger partial charge in [-0.15, -0.1) is 0 Å². The molecule has 0 aliphatic rings. The van der Waals surface area contributed by atoms with Crippen LogP contribution in [-0.4, -0.2) is 51.1 Å². The predicted octanol–water partition coefficient (Wildman–Crippen LogP) is 1.09. The van der Waals surface area contributed by atoms with Crippen molar-refractivity contribution < 1.29 is 24.6 Å². The van der Waals surface area contributed by atoms with Gasteiger partial charge in [0.2, 0.25) is 0 Å². The second kappa shape index (κ2) is 11.1. The summed E-state index contributed by atoms with van der Waals surface area (Å²) in [4.78, 5) is 17.2. The lowest BCUT2D eigenvalue weighted by molar-refractivity contribution is 0.0742. The van der Waals surface area contributed by atoms with E-state index in [9.17, 15) is 14.8 Å². The van der Waals surface area contributed by atoms with Gasteiger partial charge in [0.1, 0.15) is 0 Å². The highest BCUT2D eigenvalue weighted by Gasteiger charge is 2.14. The van der Waals surface area contributed by atoms with E-state index in [2.05, 4.69) is 12.2 Å². The topological polar surface area (TPSA) is 110 Å². The fourth-order valence-corrected chi connectivity index (χ4v) is 3.11. The van der Waals surface area contributed by atoms with Gasteiger partial charge in [0.05, 0.1) is 12.2 Å². The van der Waals surface area contributed by atoms with Crippen LogP contribution in [0, 0.1) is 0 Å². The van der Waals surface area contributed by atoms with Crippen molar-refractivity contribution in [3.63, 3.8) is 0 Å². The molecule has 2 unspecified atom stereocenters. The van der Waals surface area contributed by atoms with E-state index >= 15 is 0 Å². The van der Waals surface area contributed by atoms with Gasteiger partial charge in [-0.3, -0.25) is 0 Å². The molecule has 0 fully saturated rings. The number of nitrogens with one attached hydrogen (secondary N) is 1. The summed E-state index contributed by atoms with van der Waals surface area (Å²) in [6.45, 7) is -1.15. The molecule has 8 heteroatoms. The third-order valence-electron chi connectivity index (χ3n) is 2.60. The van der Waals surface area contributed by atoms with E-state index in [4.69, 9.17) is 9.79 Å². The van der Waals surface area contributed by atoms with Crippen molar-refractivity contribution in [2.75, 3.05) is 18.8 Å². The summed E-state index contributed by atoms with van der Waals surface area (Å²) in [5, 5.41) is 22.2. The zero-order valence-electron chi connectivity index (χ0n) is 11.4. The molecule has 2 atom stereocenters. The monoisotopic (exact) mass is 315 g/mol. The molecule has 0 aliphatic carbocycles. The molecule has 0 radical (unpaired) electrons. The number of unbranched alkanes of at least 4 members (excludes halogenated alkanes) is 2. The first kappa shape index (κ1) is 19.4. The average molecular weight is 315 g/mol. The van der Waals surface area contributed by atoms with Crippen LogP contribution in [0.5, 0.6) is 0 Å². The van der Waals surface area contributed by atoms with Crippen LogP contribution in [0.3, 0.4) is 0 Å². The minimum absolute atomic E-state index is 0.288. The summed E-state index contributed by atoms with van der Waals surface area (Å²) in [5.41, 5.74) is 0. The van der Waals surface area contributed by atoms with E-state index < -0.39 is 19.0 Å². The van der Waals surface area contributed by atoms with Gasteiger partial charge in [-0.2, -0.15) is 0 Å². The maximum atomic E-state index is 10.5. The maximum absolute atomic E-state index is 10.5. The maximum Gasteiger partial charge on any atom is 0.384 e. The first-order valence-electron chi connectivity index (χ1n) is 6.62. The normalized spacial score (nSPS) is 15.4. The Kier molecular flexibility index (Phi) is 11.3. The molecule has 0 saturated carbocycles. The van der Waals surface area contributed by atoms with Gasteiger partial charge in [0.25, 0.3) is 0 Å². The van der Waals surface area contributed by atoms with E-state index in [1.807, 2.05) is 0 Å². The number of hydrogen-bond acceptors (Lipinski definition) is 5.